The molecule has 0 radical (unpaired) electrons. The minimum Gasteiger partial charge on any atom is -0.455 e. The van der Waals surface area contributed by atoms with Gasteiger partial charge in [0.25, 0.3) is 5.91 Å². The van der Waals surface area contributed by atoms with Crippen LogP contribution >= 0.6 is 11.6 Å². The van der Waals surface area contributed by atoms with E-state index >= 15 is 0 Å². The largest absolute Gasteiger partial charge is 0.455 e. The molecule has 2 aromatic rings. The van der Waals surface area contributed by atoms with E-state index in [1.165, 1.54) is 31.3 Å². The molecule has 0 aliphatic carbocycles. The van der Waals surface area contributed by atoms with Gasteiger partial charge in [-0.25, -0.2) is 8.42 Å². The maximum Gasteiger partial charge on any atom is 0.321 e. The SMILES string of the molecule is CC(C)c1ccccc1NC(=O)COC(=O)CN(C)S(=O)(=O)c1ccc(Cl)cc1. The van der Waals surface area contributed by atoms with Crippen molar-refractivity contribution in [3.8, 4) is 0 Å². The molecule has 2 rings (SSSR count). The van der Waals surface area contributed by atoms with E-state index in [0.717, 1.165) is 9.87 Å². The Balaban J connectivity index is 1.91. The number of nitrogens with zero attached hydrogens (tertiary/aromatic N) is 1. The number of likely N-dealkylation sites (N-methyl/N-ethyl adjacent to an activating group) is 1. The highest BCUT2D eigenvalue weighted by Crippen LogP contribution is 2.23. The number of hydrogen-bond acceptors (Lipinski definition) is 5. The van der Waals surface area contributed by atoms with Crippen molar-refractivity contribution in [2.45, 2.75) is 24.7 Å². The second kappa shape index (κ2) is 9.87. The molecule has 1 N–H and O–H groups in total. The third kappa shape index (κ3) is 6.28. The molecule has 0 saturated heterocycles. The van der Waals surface area contributed by atoms with Gasteiger partial charge in [0.15, 0.2) is 6.61 Å². The van der Waals surface area contributed by atoms with Crippen molar-refractivity contribution in [3.63, 3.8) is 0 Å². The minimum absolute atomic E-state index is 0.000218. The Kier molecular flexibility index (Phi) is 7.78. The Morgan fingerprint density at radius 1 is 1.10 bits per heavy atom. The fraction of sp³-hybridized carbons (Fsp3) is 0.300. The van der Waals surface area contributed by atoms with Gasteiger partial charge in [-0.05, 0) is 41.8 Å². The van der Waals surface area contributed by atoms with Gasteiger partial charge in [0.05, 0.1) is 4.90 Å². The highest BCUT2D eigenvalue weighted by molar-refractivity contribution is 7.89. The maximum atomic E-state index is 12.5. The standard InChI is InChI=1S/C20H23ClN2O5S/c1-14(2)17-6-4-5-7-18(17)22-19(24)13-28-20(25)12-23(3)29(26,27)16-10-8-15(21)9-11-16/h4-11,14H,12-13H2,1-3H3,(H,22,24). The summed E-state index contributed by atoms with van der Waals surface area (Å²) in [7, 11) is -2.63. The van der Waals surface area contributed by atoms with Gasteiger partial charge in [-0.2, -0.15) is 4.31 Å². The molecule has 0 bridgehead atoms. The van der Waals surface area contributed by atoms with Crippen LogP contribution in [-0.4, -0.2) is 44.8 Å². The summed E-state index contributed by atoms with van der Waals surface area (Å²) in [6, 6.07) is 12.9. The van der Waals surface area contributed by atoms with E-state index < -0.39 is 35.1 Å². The van der Waals surface area contributed by atoms with Crippen LogP contribution in [0, 0.1) is 0 Å². The van der Waals surface area contributed by atoms with E-state index in [0.29, 0.717) is 10.7 Å². The van der Waals surface area contributed by atoms with Gasteiger partial charge in [0, 0.05) is 17.8 Å². The van der Waals surface area contributed by atoms with Crippen LogP contribution in [0.1, 0.15) is 25.3 Å². The Labute approximate surface area is 175 Å². The molecule has 0 aliphatic heterocycles. The van der Waals surface area contributed by atoms with Crippen LogP contribution in [0.3, 0.4) is 0 Å². The summed E-state index contributed by atoms with van der Waals surface area (Å²) in [4.78, 5) is 24.1. The fourth-order valence-corrected chi connectivity index (χ4v) is 3.79. The summed E-state index contributed by atoms with van der Waals surface area (Å²) < 4.78 is 30.7. The second-order valence-electron chi connectivity index (χ2n) is 6.67. The van der Waals surface area contributed by atoms with Crippen molar-refractivity contribution in [2.75, 3.05) is 25.5 Å². The number of esters is 1. The predicted octanol–water partition coefficient (Wildman–Crippen LogP) is 3.27. The summed E-state index contributed by atoms with van der Waals surface area (Å²) in [5.74, 6) is -1.13. The molecular formula is C20H23ClN2O5S. The number of ether oxygens (including phenoxy) is 1. The van der Waals surface area contributed by atoms with Crippen molar-refractivity contribution in [3.05, 3.63) is 59.1 Å². The summed E-state index contributed by atoms with van der Waals surface area (Å²) in [6.07, 6.45) is 0. The lowest BCUT2D eigenvalue weighted by molar-refractivity contribution is -0.147. The van der Waals surface area contributed by atoms with Gasteiger partial charge in [0.1, 0.15) is 6.54 Å². The van der Waals surface area contributed by atoms with E-state index in [4.69, 9.17) is 16.3 Å². The topological polar surface area (TPSA) is 92.8 Å². The van der Waals surface area contributed by atoms with Gasteiger partial charge >= 0.3 is 5.97 Å². The van der Waals surface area contributed by atoms with Crippen molar-refractivity contribution < 1.29 is 22.7 Å². The number of halogens is 1. The number of anilines is 1. The molecule has 0 saturated carbocycles. The average Bonchev–Trinajstić information content (AvgIpc) is 2.67. The highest BCUT2D eigenvalue weighted by atomic mass is 35.5. The van der Waals surface area contributed by atoms with E-state index in [1.54, 1.807) is 12.1 Å². The molecular weight excluding hydrogens is 416 g/mol. The first-order valence-electron chi connectivity index (χ1n) is 8.87. The first kappa shape index (κ1) is 22.9. The smallest absolute Gasteiger partial charge is 0.321 e. The molecule has 2 aromatic carbocycles. The summed E-state index contributed by atoms with van der Waals surface area (Å²) in [5.41, 5.74) is 1.60. The quantitative estimate of drug-likeness (QED) is 0.638. The van der Waals surface area contributed by atoms with Crippen LogP contribution in [-0.2, 0) is 24.3 Å². The number of nitrogens with one attached hydrogen (secondary N) is 1. The first-order chi connectivity index (χ1) is 13.6. The Morgan fingerprint density at radius 3 is 2.34 bits per heavy atom. The maximum absolute atomic E-state index is 12.5. The van der Waals surface area contributed by atoms with Crippen molar-refractivity contribution >= 4 is 39.2 Å². The zero-order valence-corrected chi connectivity index (χ0v) is 18.0. The third-order valence-corrected chi connectivity index (χ3v) is 6.16. The normalized spacial score (nSPS) is 11.5. The fourth-order valence-electron chi connectivity index (χ4n) is 2.55. The van der Waals surface area contributed by atoms with Crippen molar-refractivity contribution in [2.24, 2.45) is 0 Å². The number of carbonyl (C=O) groups excluding carboxylic acids is 2. The number of amides is 1. The van der Waals surface area contributed by atoms with Gasteiger partial charge in [-0.3, -0.25) is 9.59 Å². The molecule has 0 heterocycles. The number of sulfonamides is 1. The van der Waals surface area contributed by atoms with E-state index in [9.17, 15) is 18.0 Å². The lowest BCUT2D eigenvalue weighted by Crippen LogP contribution is -2.34. The van der Waals surface area contributed by atoms with Crippen LogP contribution in [0.2, 0.25) is 5.02 Å². The number of carbonyl (C=O) groups is 2. The first-order valence-corrected chi connectivity index (χ1v) is 10.7. The number of benzene rings is 2. The minimum atomic E-state index is -3.88. The molecule has 0 fully saturated rings. The van der Waals surface area contributed by atoms with Crippen molar-refractivity contribution in [1.29, 1.82) is 0 Å². The van der Waals surface area contributed by atoms with Gasteiger partial charge in [-0.1, -0.05) is 43.6 Å². The van der Waals surface area contributed by atoms with Crippen LogP contribution in [0.4, 0.5) is 5.69 Å². The number of rotatable bonds is 8. The van der Waals surface area contributed by atoms with Gasteiger partial charge in [0.2, 0.25) is 10.0 Å². The molecule has 0 aromatic heterocycles. The van der Waals surface area contributed by atoms with Crippen LogP contribution in [0.25, 0.3) is 0 Å². The summed E-state index contributed by atoms with van der Waals surface area (Å²) >= 11 is 5.76. The lowest BCUT2D eigenvalue weighted by atomic mass is 10.0. The van der Waals surface area contributed by atoms with Crippen LogP contribution < -0.4 is 5.32 Å². The summed E-state index contributed by atoms with van der Waals surface area (Å²) in [5, 5.41) is 3.10. The second-order valence-corrected chi connectivity index (χ2v) is 9.15. The number of para-hydroxylation sites is 1. The average molecular weight is 439 g/mol. The van der Waals surface area contributed by atoms with E-state index in [2.05, 4.69) is 5.32 Å². The molecule has 29 heavy (non-hydrogen) atoms. The molecule has 0 spiro atoms. The molecule has 0 atom stereocenters. The van der Waals surface area contributed by atoms with Gasteiger partial charge in [-0.15, -0.1) is 0 Å². The van der Waals surface area contributed by atoms with Gasteiger partial charge < -0.3 is 10.1 Å². The Morgan fingerprint density at radius 2 is 1.72 bits per heavy atom. The Hall–Kier alpha value is -2.42. The van der Waals surface area contributed by atoms with E-state index in [1.807, 2.05) is 26.0 Å². The van der Waals surface area contributed by atoms with E-state index in [-0.39, 0.29) is 10.8 Å². The molecule has 7 nitrogen and oxygen atoms in total. The zero-order chi connectivity index (χ0) is 21.6. The molecule has 1 amide bonds. The van der Waals surface area contributed by atoms with Crippen LogP contribution in [0.5, 0.6) is 0 Å². The highest BCUT2D eigenvalue weighted by Gasteiger charge is 2.24. The zero-order valence-electron chi connectivity index (χ0n) is 16.4. The monoisotopic (exact) mass is 438 g/mol. The molecule has 0 unspecified atom stereocenters. The molecule has 9 heteroatoms. The van der Waals surface area contributed by atoms with Crippen LogP contribution in [0.15, 0.2) is 53.4 Å². The molecule has 0 aliphatic rings. The predicted molar refractivity (Wildman–Crippen MR) is 111 cm³/mol. The number of hydrogen-bond donors (Lipinski definition) is 1. The summed E-state index contributed by atoms with van der Waals surface area (Å²) in [6.45, 7) is 2.96. The molecule has 156 valence electrons. The lowest BCUT2D eigenvalue weighted by Gasteiger charge is -2.17. The van der Waals surface area contributed by atoms with Crippen molar-refractivity contribution in [1.82, 2.24) is 4.31 Å². The Bertz CT molecular complexity index is 975. The third-order valence-electron chi connectivity index (χ3n) is 4.09.